The molecule has 1 aromatic carbocycles. The summed E-state index contributed by atoms with van der Waals surface area (Å²) >= 11 is 9.84. The monoisotopic (exact) mass is 390 g/mol. The molecule has 3 nitrogen and oxygen atoms in total. The van der Waals surface area contributed by atoms with E-state index in [-0.39, 0.29) is 17.4 Å². The molecule has 0 spiro atoms. The van der Waals surface area contributed by atoms with Crippen molar-refractivity contribution in [3.63, 3.8) is 0 Å². The average molecular weight is 392 g/mol. The topological polar surface area (TPSA) is 38.7 Å². The van der Waals surface area contributed by atoms with Gasteiger partial charge in [-0.1, -0.05) is 41.4 Å². The van der Waals surface area contributed by atoms with Gasteiger partial charge in [0.2, 0.25) is 0 Å². The van der Waals surface area contributed by atoms with E-state index in [0.29, 0.717) is 24.0 Å². The molecule has 1 saturated carbocycles. The molecule has 2 rings (SSSR count). The second kappa shape index (κ2) is 7.52. The minimum absolute atomic E-state index is 0.0524. The lowest BCUT2D eigenvalue weighted by Gasteiger charge is -2.26. The molecule has 2 unspecified atom stereocenters. The summed E-state index contributed by atoms with van der Waals surface area (Å²) in [5.74, 6) is 0.788. The first-order valence-corrected chi connectivity index (χ1v) is 8.82. The van der Waals surface area contributed by atoms with Crippen molar-refractivity contribution < 1.29 is 14.6 Å². The quantitative estimate of drug-likeness (QED) is 0.709. The Bertz CT molecular complexity index is 519. The Labute approximate surface area is 146 Å². The van der Waals surface area contributed by atoms with E-state index in [1.165, 1.54) is 0 Å². The van der Waals surface area contributed by atoms with E-state index >= 15 is 0 Å². The van der Waals surface area contributed by atoms with Crippen molar-refractivity contribution in [2.45, 2.75) is 45.1 Å². The molecule has 1 fully saturated rings. The minimum Gasteiger partial charge on any atom is -0.492 e. The molecule has 0 amide bonds. The highest BCUT2D eigenvalue weighted by molar-refractivity contribution is 9.10. The van der Waals surface area contributed by atoms with Crippen LogP contribution in [0.1, 0.15) is 44.6 Å². The smallest absolute Gasteiger partial charge is 0.138 e. The predicted octanol–water partition coefficient (Wildman–Crippen LogP) is 4.78. The standard InChI is InChI=1S/C17H24BrClO3/c1-17(2)6-5-11(16(17)20)12-9-15(14(19)10-13(12)18)22-8-4-7-21-3/h9-11,16,20H,4-8H2,1-3H3. The van der Waals surface area contributed by atoms with Crippen LogP contribution in [0.2, 0.25) is 5.02 Å². The zero-order valence-electron chi connectivity index (χ0n) is 13.4. The van der Waals surface area contributed by atoms with Crippen LogP contribution in [-0.4, -0.2) is 31.5 Å². The third-order valence-corrected chi connectivity index (χ3v) is 5.46. The summed E-state index contributed by atoms with van der Waals surface area (Å²) in [6.07, 6.45) is 2.44. The first-order chi connectivity index (χ1) is 10.4. The Kier molecular flexibility index (Phi) is 6.17. The van der Waals surface area contributed by atoms with Crippen molar-refractivity contribution in [1.82, 2.24) is 0 Å². The fourth-order valence-corrected chi connectivity index (χ4v) is 4.02. The van der Waals surface area contributed by atoms with Crippen LogP contribution in [0.3, 0.4) is 0 Å². The van der Waals surface area contributed by atoms with Gasteiger partial charge in [0, 0.05) is 30.5 Å². The number of methoxy groups -OCH3 is 1. The van der Waals surface area contributed by atoms with Crippen LogP contribution in [-0.2, 0) is 4.74 Å². The number of hydrogen-bond acceptors (Lipinski definition) is 3. The zero-order valence-corrected chi connectivity index (χ0v) is 15.7. The molecule has 0 aromatic heterocycles. The second-order valence-corrected chi connectivity index (χ2v) is 7.84. The highest BCUT2D eigenvalue weighted by Crippen LogP contribution is 2.49. The number of halogens is 2. The molecule has 1 aliphatic carbocycles. The molecule has 124 valence electrons. The molecule has 0 saturated heterocycles. The Morgan fingerprint density at radius 2 is 2.09 bits per heavy atom. The van der Waals surface area contributed by atoms with Gasteiger partial charge in [-0.3, -0.25) is 0 Å². The number of hydrogen-bond donors (Lipinski definition) is 1. The van der Waals surface area contributed by atoms with Crippen molar-refractivity contribution in [3.8, 4) is 5.75 Å². The lowest BCUT2D eigenvalue weighted by atomic mass is 9.85. The largest absolute Gasteiger partial charge is 0.492 e. The number of aliphatic hydroxyl groups is 1. The van der Waals surface area contributed by atoms with Gasteiger partial charge < -0.3 is 14.6 Å². The predicted molar refractivity (Wildman–Crippen MR) is 92.9 cm³/mol. The fourth-order valence-electron chi connectivity index (χ4n) is 3.03. The molecule has 0 heterocycles. The highest BCUT2D eigenvalue weighted by Gasteiger charge is 2.42. The molecular weight excluding hydrogens is 368 g/mol. The number of benzene rings is 1. The lowest BCUT2D eigenvalue weighted by Crippen LogP contribution is -2.27. The van der Waals surface area contributed by atoms with E-state index in [9.17, 15) is 5.11 Å². The highest BCUT2D eigenvalue weighted by atomic mass is 79.9. The zero-order chi connectivity index (χ0) is 16.3. The molecular formula is C17H24BrClO3. The van der Waals surface area contributed by atoms with Crippen LogP contribution in [0.4, 0.5) is 0 Å². The Balaban J connectivity index is 2.18. The van der Waals surface area contributed by atoms with E-state index in [4.69, 9.17) is 21.1 Å². The summed E-state index contributed by atoms with van der Waals surface area (Å²) in [7, 11) is 1.67. The third-order valence-electron chi connectivity index (χ3n) is 4.48. The summed E-state index contributed by atoms with van der Waals surface area (Å²) in [5, 5.41) is 11.2. The Morgan fingerprint density at radius 3 is 2.68 bits per heavy atom. The molecule has 2 atom stereocenters. The molecule has 5 heteroatoms. The van der Waals surface area contributed by atoms with Gasteiger partial charge in [-0.25, -0.2) is 0 Å². The molecule has 0 bridgehead atoms. The van der Waals surface area contributed by atoms with Gasteiger partial charge in [-0.05, 0) is 36.0 Å². The van der Waals surface area contributed by atoms with Crippen molar-refractivity contribution in [3.05, 3.63) is 27.2 Å². The van der Waals surface area contributed by atoms with Gasteiger partial charge >= 0.3 is 0 Å². The average Bonchev–Trinajstić information content (AvgIpc) is 2.72. The maximum atomic E-state index is 10.6. The van der Waals surface area contributed by atoms with E-state index in [0.717, 1.165) is 29.3 Å². The van der Waals surface area contributed by atoms with Crippen molar-refractivity contribution in [2.75, 3.05) is 20.3 Å². The first kappa shape index (κ1) is 18.1. The van der Waals surface area contributed by atoms with Crippen LogP contribution in [0.5, 0.6) is 5.75 Å². The molecule has 0 radical (unpaired) electrons. The van der Waals surface area contributed by atoms with E-state index in [1.807, 2.05) is 12.1 Å². The lowest BCUT2D eigenvalue weighted by molar-refractivity contribution is 0.0667. The molecule has 0 aliphatic heterocycles. The van der Waals surface area contributed by atoms with Crippen molar-refractivity contribution in [1.29, 1.82) is 0 Å². The maximum Gasteiger partial charge on any atom is 0.138 e. The summed E-state index contributed by atoms with van der Waals surface area (Å²) < 4.78 is 11.7. The SMILES string of the molecule is COCCCOc1cc(C2CCC(C)(C)C2O)c(Br)cc1Cl. The third kappa shape index (κ3) is 3.97. The first-order valence-electron chi connectivity index (χ1n) is 7.65. The normalized spacial score (nSPS) is 23.7. The molecule has 1 N–H and O–H groups in total. The fraction of sp³-hybridized carbons (Fsp3) is 0.647. The van der Waals surface area contributed by atoms with Gasteiger partial charge in [0.1, 0.15) is 5.75 Å². The summed E-state index contributed by atoms with van der Waals surface area (Å²) in [6, 6.07) is 3.83. The minimum atomic E-state index is -0.355. The number of rotatable bonds is 6. The van der Waals surface area contributed by atoms with Crippen LogP contribution < -0.4 is 4.74 Å². The second-order valence-electron chi connectivity index (χ2n) is 6.58. The van der Waals surface area contributed by atoms with Gasteiger partial charge in [0.05, 0.1) is 17.7 Å². The van der Waals surface area contributed by atoms with Gasteiger partial charge in [0.15, 0.2) is 0 Å². The van der Waals surface area contributed by atoms with E-state index in [1.54, 1.807) is 7.11 Å². The molecule has 22 heavy (non-hydrogen) atoms. The van der Waals surface area contributed by atoms with E-state index < -0.39 is 0 Å². The van der Waals surface area contributed by atoms with Crippen LogP contribution in [0, 0.1) is 5.41 Å². The van der Waals surface area contributed by atoms with Crippen molar-refractivity contribution >= 4 is 27.5 Å². The summed E-state index contributed by atoms with van der Waals surface area (Å²) in [6.45, 7) is 5.46. The Morgan fingerprint density at radius 1 is 1.36 bits per heavy atom. The van der Waals surface area contributed by atoms with Gasteiger partial charge in [-0.15, -0.1) is 0 Å². The summed E-state index contributed by atoms with van der Waals surface area (Å²) in [4.78, 5) is 0. The van der Waals surface area contributed by atoms with Crippen LogP contribution >= 0.6 is 27.5 Å². The molecule has 1 aliphatic rings. The Hall–Kier alpha value is -0.290. The number of ether oxygens (including phenoxy) is 2. The van der Waals surface area contributed by atoms with Crippen LogP contribution in [0.25, 0.3) is 0 Å². The molecule has 1 aromatic rings. The van der Waals surface area contributed by atoms with Gasteiger partial charge in [-0.2, -0.15) is 0 Å². The van der Waals surface area contributed by atoms with Crippen LogP contribution in [0.15, 0.2) is 16.6 Å². The summed E-state index contributed by atoms with van der Waals surface area (Å²) in [5.41, 5.74) is 1.02. The number of aliphatic hydroxyl groups excluding tert-OH is 1. The van der Waals surface area contributed by atoms with Gasteiger partial charge in [0.25, 0.3) is 0 Å². The maximum absolute atomic E-state index is 10.6. The van der Waals surface area contributed by atoms with Crippen molar-refractivity contribution in [2.24, 2.45) is 5.41 Å². The van der Waals surface area contributed by atoms with E-state index in [2.05, 4.69) is 29.8 Å².